The third kappa shape index (κ3) is 6.34. The number of hydrogen-bond acceptors (Lipinski definition) is 5. The number of carbonyl (C=O) groups excluding carboxylic acids is 2. The minimum Gasteiger partial charge on any atom is -0.461 e. The van der Waals surface area contributed by atoms with E-state index in [1.165, 1.54) is 0 Å². The molecule has 0 rings (SSSR count). The molecule has 0 aromatic rings. The number of carbonyl (C=O) groups is 2. The van der Waals surface area contributed by atoms with Crippen LogP contribution in [0.4, 0.5) is 0 Å². The molecule has 3 unspecified atom stereocenters. The largest absolute Gasteiger partial charge is 0.461 e. The summed E-state index contributed by atoms with van der Waals surface area (Å²) in [6, 6.07) is -1.33. The first-order valence-electron chi connectivity index (χ1n) is 6.96. The number of nitrogens with one attached hydrogen (secondary N) is 1. The topological polar surface area (TPSA) is 90.6 Å². The fourth-order valence-corrected chi connectivity index (χ4v) is 1.41. The van der Waals surface area contributed by atoms with Crippen LogP contribution in [-0.4, -0.2) is 43.8 Å². The lowest BCUT2D eigenvalue weighted by Gasteiger charge is -2.24. The van der Waals surface area contributed by atoms with Crippen LogP contribution < -0.4 is 11.1 Å². The zero-order chi connectivity index (χ0) is 15.9. The van der Waals surface area contributed by atoms with Crippen molar-refractivity contribution < 1.29 is 19.1 Å². The van der Waals surface area contributed by atoms with Gasteiger partial charge in [0.2, 0.25) is 5.91 Å². The second kappa shape index (κ2) is 8.92. The van der Waals surface area contributed by atoms with Gasteiger partial charge in [-0.15, -0.1) is 0 Å². The van der Waals surface area contributed by atoms with Gasteiger partial charge >= 0.3 is 5.97 Å². The molecule has 0 fully saturated rings. The summed E-state index contributed by atoms with van der Waals surface area (Å²) in [6.45, 7) is 9.34. The number of nitrogens with two attached hydrogens (primary N) is 1. The number of ether oxygens (including phenoxy) is 2. The number of rotatable bonds is 8. The van der Waals surface area contributed by atoms with Gasteiger partial charge in [0, 0.05) is 7.11 Å². The molecule has 3 atom stereocenters. The van der Waals surface area contributed by atoms with E-state index >= 15 is 0 Å². The van der Waals surface area contributed by atoms with Gasteiger partial charge < -0.3 is 20.5 Å². The van der Waals surface area contributed by atoms with Crippen molar-refractivity contribution in [3.8, 4) is 0 Å². The summed E-state index contributed by atoms with van der Waals surface area (Å²) < 4.78 is 10.1. The van der Waals surface area contributed by atoms with E-state index in [0.29, 0.717) is 0 Å². The molecule has 0 saturated carbocycles. The van der Waals surface area contributed by atoms with Crippen molar-refractivity contribution in [2.24, 2.45) is 17.6 Å². The monoisotopic (exact) mass is 288 g/mol. The van der Waals surface area contributed by atoms with Crippen molar-refractivity contribution in [1.82, 2.24) is 5.32 Å². The highest BCUT2D eigenvalue weighted by molar-refractivity contribution is 5.87. The first-order chi connectivity index (χ1) is 9.20. The van der Waals surface area contributed by atoms with Crippen LogP contribution in [0, 0.1) is 11.8 Å². The first kappa shape index (κ1) is 18.9. The van der Waals surface area contributed by atoms with Crippen LogP contribution in [0.5, 0.6) is 0 Å². The molecule has 0 bridgehead atoms. The van der Waals surface area contributed by atoms with Crippen molar-refractivity contribution in [1.29, 1.82) is 0 Å². The van der Waals surface area contributed by atoms with Gasteiger partial charge in [-0.2, -0.15) is 0 Å². The van der Waals surface area contributed by atoms with Crippen LogP contribution in [-0.2, 0) is 19.1 Å². The van der Waals surface area contributed by atoms with Gasteiger partial charge in [-0.3, -0.25) is 4.79 Å². The third-order valence-electron chi connectivity index (χ3n) is 3.10. The Labute approximate surface area is 121 Å². The van der Waals surface area contributed by atoms with E-state index in [2.05, 4.69) is 5.32 Å². The summed E-state index contributed by atoms with van der Waals surface area (Å²) in [6.07, 6.45) is -0.180. The summed E-state index contributed by atoms with van der Waals surface area (Å²) in [5, 5.41) is 2.66. The Bertz CT molecular complexity index is 318. The molecule has 0 spiro atoms. The van der Waals surface area contributed by atoms with E-state index in [9.17, 15) is 9.59 Å². The number of hydrogen-bond donors (Lipinski definition) is 2. The standard InChI is InChI=1S/C14H28N2O4/c1-8(2)11(15)13(17)16-12(9(3)4)14(18)20-7-10(5)19-6/h8-12H,7,15H2,1-6H3,(H,16,17). The van der Waals surface area contributed by atoms with Gasteiger partial charge in [-0.05, 0) is 18.8 Å². The highest BCUT2D eigenvalue weighted by atomic mass is 16.6. The molecule has 0 aliphatic rings. The van der Waals surface area contributed by atoms with Crippen LogP contribution in [0.2, 0.25) is 0 Å². The Morgan fingerprint density at radius 3 is 2.05 bits per heavy atom. The molecule has 0 saturated heterocycles. The van der Waals surface area contributed by atoms with Crippen LogP contribution in [0.25, 0.3) is 0 Å². The fourth-order valence-electron chi connectivity index (χ4n) is 1.41. The summed E-state index contributed by atoms with van der Waals surface area (Å²) in [5.41, 5.74) is 5.77. The van der Waals surface area contributed by atoms with Crippen molar-refractivity contribution in [2.45, 2.75) is 52.8 Å². The van der Waals surface area contributed by atoms with Gasteiger partial charge in [0.05, 0.1) is 12.1 Å². The maximum Gasteiger partial charge on any atom is 0.328 e. The number of amides is 1. The highest BCUT2D eigenvalue weighted by Crippen LogP contribution is 2.07. The van der Waals surface area contributed by atoms with Crippen LogP contribution in [0.1, 0.15) is 34.6 Å². The summed E-state index contributed by atoms with van der Waals surface area (Å²) in [7, 11) is 1.54. The SMILES string of the molecule is COC(C)COC(=O)C(NC(=O)C(N)C(C)C)C(C)C. The van der Waals surface area contributed by atoms with Gasteiger partial charge in [0.1, 0.15) is 12.6 Å². The Hall–Kier alpha value is -1.14. The van der Waals surface area contributed by atoms with E-state index in [1.54, 1.807) is 14.0 Å². The molecular formula is C14H28N2O4. The highest BCUT2D eigenvalue weighted by Gasteiger charge is 2.28. The van der Waals surface area contributed by atoms with Gasteiger partial charge in [0.15, 0.2) is 0 Å². The fraction of sp³-hybridized carbons (Fsp3) is 0.857. The lowest BCUT2D eigenvalue weighted by Crippen LogP contribution is -2.52. The van der Waals surface area contributed by atoms with Crippen molar-refractivity contribution in [3.63, 3.8) is 0 Å². The van der Waals surface area contributed by atoms with E-state index in [0.717, 1.165) is 0 Å². The summed E-state index contributed by atoms with van der Waals surface area (Å²) in [4.78, 5) is 23.9. The summed E-state index contributed by atoms with van der Waals surface area (Å²) in [5.74, 6) is -0.875. The van der Waals surface area contributed by atoms with Crippen molar-refractivity contribution >= 4 is 11.9 Å². The van der Waals surface area contributed by atoms with Gasteiger partial charge in [0.25, 0.3) is 0 Å². The van der Waals surface area contributed by atoms with Crippen LogP contribution in [0.15, 0.2) is 0 Å². The molecule has 1 amide bonds. The normalized spacial score (nSPS) is 15.8. The minimum atomic E-state index is -0.698. The van der Waals surface area contributed by atoms with Crippen molar-refractivity contribution in [3.05, 3.63) is 0 Å². The Kier molecular flexibility index (Phi) is 8.41. The maximum absolute atomic E-state index is 12.0. The predicted molar refractivity (Wildman–Crippen MR) is 77.0 cm³/mol. The Morgan fingerprint density at radius 2 is 1.65 bits per heavy atom. The van der Waals surface area contributed by atoms with E-state index in [1.807, 2.05) is 27.7 Å². The van der Waals surface area contributed by atoms with Gasteiger partial charge in [-0.25, -0.2) is 4.79 Å². The second-order valence-corrected chi connectivity index (χ2v) is 5.68. The second-order valence-electron chi connectivity index (χ2n) is 5.68. The maximum atomic E-state index is 12.0. The zero-order valence-electron chi connectivity index (χ0n) is 13.3. The lowest BCUT2D eigenvalue weighted by molar-refractivity contribution is -0.152. The van der Waals surface area contributed by atoms with Gasteiger partial charge in [-0.1, -0.05) is 27.7 Å². The zero-order valence-corrected chi connectivity index (χ0v) is 13.3. The Morgan fingerprint density at radius 1 is 1.10 bits per heavy atom. The lowest BCUT2D eigenvalue weighted by atomic mass is 10.0. The van der Waals surface area contributed by atoms with Crippen LogP contribution >= 0.6 is 0 Å². The Balaban J connectivity index is 4.57. The first-order valence-corrected chi connectivity index (χ1v) is 6.96. The number of esters is 1. The molecule has 0 aromatic heterocycles. The van der Waals surface area contributed by atoms with Crippen LogP contribution in [0.3, 0.4) is 0 Å². The molecule has 20 heavy (non-hydrogen) atoms. The molecule has 6 heteroatoms. The predicted octanol–water partition coefficient (Wildman–Crippen LogP) is 0.689. The molecule has 0 aliphatic heterocycles. The van der Waals surface area contributed by atoms with E-state index in [-0.39, 0.29) is 30.5 Å². The molecular weight excluding hydrogens is 260 g/mol. The summed E-state index contributed by atoms with van der Waals surface area (Å²) >= 11 is 0. The molecule has 0 aliphatic carbocycles. The molecule has 6 nitrogen and oxygen atoms in total. The molecule has 3 N–H and O–H groups in total. The molecule has 0 aromatic carbocycles. The average molecular weight is 288 g/mol. The van der Waals surface area contributed by atoms with E-state index in [4.69, 9.17) is 15.2 Å². The molecule has 118 valence electrons. The average Bonchev–Trinajstić information content (AvgIpc) is 2.39. The molecule has 0 radical (unpaired) electrons. The smallest absolute Gasteiger partial charge is 0.328 e. The number of methoxy groups -OCH3 is 1. The van der Waals surface area contributed by atoms with E-state index < -0.39 is 18.1 Å². The quantitative estimate of drug-likeness (QED) is 0.641. The minimum absolute atomic E-state index is 0.00680. The van der Waals surface area contributed by atoms with Crippen molar-refractivity contribution in [2.75, 3.05) is 13.7 Å². The molecule has 0 heterocycles. The third-order valence-corrected chi connectivity index (χ3v) is 3.10.